The van der Waals surface area contributed by atoms with Crippen LogP contribution in [0.15, 0.2) is 29.2 Å². The van der Waals surface area contributed by atoms with E-state index in [9.17, 15) is 4.79 Å². The SMILES string of the molecule is Cc1cc(-c2cncnc2C2CCN(C(=O)Cn3nc(C)cc3C)CC2)on1. The average Bonchev–Trinajstić information content (AvgIpc) is 3.26. The third-order valence-electron chi connectivity index (χ3n) is 5.26. The Labute approximate surface area is 163 Å². The predicted octanol–water partition coefficient (Wildman–Crippen LogP) is 2.66. The number of carbonyl (C=O) groups excluding carboxylic acids is 1. The average molecular weight is 380 g/mol. The van der Waals surface area contributed by atoms with Crippen LogP contribution in [-0.4, -0.2) is 48.8 Å². The molecule has 0 aromatic carbocycles. The first kappa shape index (κ1) is 18.3. The van der Waals surface area contributed by atoms with Gasteiger partial charge in [0.1, 0.15) is 12.9 Å². The van der Waals surface area contributed by atoms with Gasteiger partial charge < -0.3 is 9.42 Å². The van der Waals surface area contributed by atoms with E-state index in [1.807, 2.05) is 37.8 Å². The molecule has 1 saturated heterocycles. The molecule has 0 bridgehead atoms. The van der Waals surface area contributed by atoms with Gasteiger partial charge in [-0.05, 0) is 39.7 Å². The molecule has 4 heterocycles. The Morgan fingerprint density at radius 1 is 1.18 bits per heavy atom. The predicted molar refractivity (Wildman–Crippen MR) is 103 cm³/mol. The highest BCUT2D eigenvalue weighted by Gasteiger charge is 2.27. The van der Waals surface area contributed by atoms with Crippen LogP contribution >= 0.6 is 0 Å². The van der Waals surface area contributed by atoms with Crippen LogP contribution in [-0.2, 0) is 11.3 Å². The summed E-state index contributed by atoms with van der Waals surface area (Å²) in [7, 11) is 0. The summed E-state index contributed by atoms with van der Waals surface area (Å²) in [6.45, 7) is 7.52. The van der Waals surface area contributed by atoms with Gasteiger partial charge >= 0.3 is 0 Å². The van der Waals surface area contributed by atoms with Gasteiger partial charge in [0.05, 0.1) is 22.6 Å². The summed E-state index contributed by atoms with van der Waals surface area (Å²) in [4.78, 5) is 23.3. The molecule has 4 rings (SSSR count). The zero-order valence-corrected chi connectivity index (χ0v) is 16.4. The smallest absolute Gasteiger partial charge is 0.244 e. The topological polar surface area (TPSA) is 89.9 Å². The van der Waals surface area contributed by atoms with Crippen LogP contribution < -0.4 is 0 Å². The van der Waals surface area contributed by atoms with Crippen LogP contribution in [0, 0.1) is 20.8 Å². The molecule has 0 N–H and O–H groups in total. The Morgan fingerprint density at radius 3 is 2.61 bits per heavy atom. The molecule has 0 unspecified atom stereocenters. The minimum Gasteiger partial charge on any atom is -0.356 e. The van der Waals surface area contributed by atoms with E-state index in [1.165, 1.54) is 0 Å². The van der Waals surface area contributed by atoms with Gasteiger partial charge in [-0.25, -0.2) is 9.97 Å². The van der Waals surface area contributed by atoms with Gasteiger partial charge in [0.2, 0.25) is 5.91 Å². The fourth-order valence-electron chi connectivity index (χ4n) is 3.81. The van der Waals surface area contributed by atoms with Crippen molar-refractivity contribution in [1.29, 1.82) is 0 Å². The van der Waals surface area contributed by atoms with Gasteiger partial charge in [-0.2, -0.15) is 5.10 Å². The second-order valence-corrected chi connectivity index (χ2v) is 7.39. The largest absolute Gasteiger partial charge is 0.356 e. The molecular formula is C20H24N6O2. The van der Waals surface area contributed by atoms with Gasteiger partial charge in [-0.1, -0.05) is 5.16 Å². The van der Waals surface area contributed by atoms with Crippen molar-refractivity contribution in [2.75, 3.05) is 13.1 Å². The molecule has 1 amide bonds. The van der Waals surface area contributed by atoms with Crippen LogP contribution in [0.25, 0.3) is 11.3 Å². The number of rotatable bonds is 4. The van der Waals surface area contributed by atoms with Crippen molar-refractivity contribution < 1.29 is 9.32 Å². The zero-order chi connectivity index (χ0) is 19.7. The number of hydrogen-bond donors (Lipinski definition) is 0. The lowest BCUT2D eigenvalue weighted by Crippen LogP contribution is -2.40. The lowest BCUT2D eigenvalue weighted by atomic mass is 9.90. The molecule has 8 nitrogen and oxygen atoms in total. The van der Waals surface area contributed by atoms with Gasteiger partial charge in [0.15, 0.2) is 5.76 Å². The molecule has 28 heavy (non-hydrogen) atoms. The third-order valence-corrected chi connectivity index (χ3v) is 5.26. The van der Waals surface area contributed by atoms with Gasteiger partial charge in [0, 0.05) is 37.0 Å². The number of amides is 1. The molecule has 0 saturated carbocycles. The maximum Gasteiger partial charge on any atom is 0.244 e. The summed E-state index contributed by atoms with van der Waals surface area (Å²) >= 11 is 0. The summed E-state index contributed by atoms with van der Waals surface area (Å²) in [5, 5.41) is 8.36. The quantitative estimate of drug-likeness (QED) is 0.691. The number of piperidine rings is 1. The molecule has 3 aromatic rings. The van der Waals surface area contributed by atoms with E-state index in [0.717, 1.165) is 41.2 Å². The maximum atomic E-state index is 12.7. The number of carbonyl (C=O) groups is 1. The monoisotopic (exact) mass is 380 g/mol. The summed E-state index contributed by atoms with van der Waals surface area (Å²) in [5.74, 6) is 1.07. The Kier molecular flexibility index (Phi) is 4.93. The molecule has 1 fully saturated rings. The molecule has 8 heteroatoms. The van der Waals surface area contributed by atoms with E-state index >= 15 is 0 Å². The fourth-order valence-corrected chi connectivity index (χ4v) is 3.81. The Balaban J connectivity index is 1.43. The first-order valence-electron chi connectivity index (χ1n) is 9.53. The molecule has 3 aromatic heterocycles. The molecule has 0 radical (unpaired) electrons. The van der Waals surface area contributed by atoms with Gasteiger partial charge in [-0.15, -0.1) is 0 Å². The van der Waals surface area contributed by atoms with Crippen molar-refractivity contribution in [1.82, 2.24) is 29.8 Å². The van der Waals surface area contributed by atoms with Crippen LogP contribution in [0.3, 0.4) is 0 Å². The van der Waals surface area contributed by atoms with Crippen molar-refractivity contribution in [2.45, 2.75) is 46.1 Å². The number of likely N-dealkylation sites (tertiary alicyclic amines) is 1. The van der Waals surface area contributed by atoms with E-state index in [4.69, 9.17) is 4.52 Å². The van der Waals surface area contributed by atoms with Crippen molar-refractivity contribution in [2.24, 2.45) is 0 Å². The van der Waals surface area contributed by atoms with E-state index in [1.54, 1.807) is 17.2 Å². The summed E-state index contributed by atoms with van der Waals surface area (Å²) in [6, 6.07) is 3.89. The maximum absolute atomic E-state index is 12.7. The van der Waals surface area contributed by atoms with E-state index in [0.29, 0.717) is 25.4 Å². The van der Waals surface area contributed by atoms with E-state index in [2.05, 4.69) is 20.2 Å². The highest BCUT2D eigenvalue weighted by atomic mass is 16.5. The van der Waals surface area contributed by atoms with Crippen LogP contribution in [0.4, 0.5) is 0 Å². The minimum absolute atomic E-state index is 0.110. The first-order chi connectivity index (χ1) is 13.5. The lowest BCUT2D eigenvalue weighted by Gasteiger charge is -2.32. The van der Waals surface area contributed by atoms with Crippen molar-refractivity contribution in [3.63, 3.8) is 0 Å². The first-order valence-corrected chi connectivity index (χ1v) is 9.53. The number of aryl methyl sites for hydroxylation is 3. The van der Waals surface area contributed by atoms with Crippen molar-refractivity contribution in [3.05, 3.63) is 47.4 Å². The van der Waals surface area contributed by atoms with Gasteiger partial charge in [-0.3, -0.25) is 9.48 Å². The second kappa shape index (κ2) is 7.53. The summed E-state index contributed by atoms with van der Waals surface area (Å²) in [5.41, 5.74) is 4.62. The zero-order valence-electron chi connectivity index (χ0n) is 16.4. The number of hydrogen-bond acceptors (Lipinski definition) is 6. The van der Waals surface area contributed by atoms with Crippen LogP contribution in [0.2, 0.25) is 0 Å². The van der Waals surface area contributed by atoms with Crippen molar-refractivity contribution in [3.8, 4) is 11.3 Å². The van der Waals surface area contributed by atoms with Crippen LogP contribution in [0.1, 0.15) is 41.5 Å². The summed E-state index contributed by atoms with van der Waals surface area (Å²) < 4.78 is 7.19. The standard InChI is InChI=1S/C20H24N6O2/c1-13-8-15(3)26(23-13)11-19(27)25-6-4-16(5-7-25)20-17(10-21-12-22-20)18-9-14(2)24-28-18/h8-10,12,16H,4-7,11H2,1-3H3. The third kappa shape index (κ3) is 3.67. The molecular weight excluding hydrogens is 356 g/mol. The summed E-state index contributed by atoms with van der Waals surface area (Å²) in [6.07, 6.45) is 5.07. The normalized spacial score (nSPS) is 15.2. The van der Waals surface area contributed by atoms with Gasteiger partial charge in [0.25, 0.3) is 0 Å². The molecule has 1 aliphatic heterocycles. The van der Waals surface area contributed by atoms with Crippen LogP contribution in [0.5, 0.6) is 0 Å². The van der Waals surface area contributed by atoms with Crippen molar-refractivity contribution >= 4 is 5.91 Å². The molecule has 1 aliphatic rings. The molecule has 0 aliphatic carbocycles. The van der Waals surface area contributed by atoms with E-state index < -0.39 is 0 Å². The number of aromatic nitrogens is 5. The number of nitrogens with zero attached hydrogens (tertiary/aromatic N) is 6. The Bertz CT molecular complexity index is 984. The minimum atomic E-state index is 0.110. The second-order valence-electron chi connectivity index (χ2n) is 7.39. The molecule has 0 atom stereocenters. The highest BCUT2D eigenvalue weighted by molar-refractivity contribution is 5.76. The van der Waals surface area contributed by atoms with E-state index in [-0.39, 0.29) is 11.8 Å². The molecule has 146 valence electrons. The fraction of sp³-hybridized carbons (Fsp3) is 0.450. The molecule has 0 spiro atoms. The lowest BCUT2D eigenvalue weighted by molar-refractivity contribution is -0.133. The Hall–Kier alpha value is -3.03. The highest BCUT2D eigenvalue weighted by Crippen LogP contribution is 2.33. The Morgan fingerprint density at radius 2 is 1.96 bits per heavy atom.